The fourth-order valence-electron chi connectivity index (χ4n) is 3.06. The molecule has 2 atom stereocenters. The molecular formula is C15H16ClNO3S. The number of hydrogen-bond acceptors (Lipinski definition) is 3. The Morgan fingerprint density at radius 3 is 2.43 bits per heavy atom. The van der Waals surface area contributed by atoms with Gasteiger partial charge in [0.15, 0.2) is 5.78 Å². The second-order valence-corrected chi connectivity index (χ2v) is 7.95. The lowest BCUT2D eigenvalue weighted by Gasteiger charge is -2.23. The fraction of sp³-hybridized carbons (Fsp3) is 0.400. The van der Waals surface area contributed by atoms with Gasteiger partial charge in [-0.15, -0.1) is 0 Å². The van der Waals surface area contributed by atoms with E-state index in [0.717, 1.165) is 11.1 Å². The Morgan fingerprint density at radius 1 is 1.24 bits per heavy atom. The van der Waals surface area contributed by atoms with Gasteiger partial charge in [-0.1, -0.05) is 29.3 Å². The largest absolute Gasteiger partial charge is 0.293 e. The van der Waals surface area contributed by atoms with Crippen molar-refractivity contribution in [3.63, 3.8) is 0 Å². The summed E-state index contributed by atoms with van der Waals surface area (Å²) in [6, 6.07) is 6.56. The van der Waals surface area contributed by atoms with E-state index in [1.54, 1.807) is 24.3 Å². The molecule has 1 saturated heterocycles. The van der Waals surface area contributed by atoms with E-state index >= 15 is 0 Å². The predicted molar refractivity (Wildman–Crippen MR) is 80.5 cm³/mol. The Balaban J connectivity index is 1.98. The van der Waals surface area contributed by atoms with Gasteiger partial charge in [0.25, 0.3) is 0 Å². The van der Waals surface area contributed by atoms with Gasteiger partial charge < -0.3 is 0 Å². The number of allylic oxidation sites excluding steroid dienone is 1. The van der Waals surface area contributed by atoms with Crippen LogP contribution < -0.4 is 0 Å². The maximum absolute atomic E-state index is 12.8. The number of rotatable bonds is 2. The van der Waals surface area contributed by atoms with E-state index in [1.807, 2.05) is 13.8 Å². The molecule has 1 heterocycles. The summed E-state index contributed by atoms with van der Waals surface area (Å²) in [6.45, 7) is 3.97. The molecule has 1 aromatic carbocycles. The third kappa shape index (κ3) is 2.24. The van der Waals surface area contributed by atoms with Gasteiger partial charge in [-0.05, 0) is 31.6 Å². The van der Waals surface area contributed by atoms with E-state index in [1.165, 1.54) is 4.31 Å². The number of hydrogen-bond donors (Lipinski definition) is 0. The number of nitrogens with zero attached hydrogens (tertiary/aromatic N) is 1. The summed E-state index contributed by atoms with van der Waals surface area (Å²) < 4.78 is 27.0. The molecule has 6 heteroatoms. The van der Waals surface area contributed by atoms with Crippen LogP contribution in [0.15, 0.2) is 39.8 Å². The van der Waals surface area contributed by atoms with Crippen LogP contribution in [0.1, 0.15) is 18.9 Å². The fourth-order valence-corrected chi connectivity index (χ4v) is 4.99. The average molecular weight is 326 g/mol. The molecule has 112 valence electrons. The lowest BCUT2D eigenvalue weighted by atomic mass is 9.99. The van der Waals surface area contributed by atoms with Crippen molar-refractivity contribution in [2.75, 3.05) is 6.54 Å². The minimum absolute atomic E-state index is 0.0732. The summed E-state index contributed by atoms with van der Waals surface area (Å²) >= 11 is 6.02. The summed E-state index contributed by atoms with van der Waals surface area (Å²) in [4.78, 5) is 11.9. The average Bonchev–Trinajstić information content (AvgIpc) is 2.90. The van der Waals surface area contributed by atoms with Crippen molar-refractivity contribution in [2.45, 2.75) is 31.2 Å². The first-order valence-electron chi connectivity index (χ1n) is 6.82. The van der Waals surface area contributed by atoms with E-state index in [0.29, 0.717) is 6.42 Å². The Kier molecular flexibility index (Phi) is 3.47. The minimum atomic E-state index is -3.56. The Morgan fingerprint density at radius 2 is 1.86 bits per heavy atom. The molecule has 2 aliphatic rings. The van der Waals surface area contributed by atoms with E-state index in [-0.39, 0.29) is 34.2 Å². The van der Waals surface area contributed by atoms with Crippen LogP contribution in [0.4, 0.5) is 0 Å². The van der Waals surface area contributed by atoms with Crippen LogP contribution in [-0.2, 0) is 14.8 Å². The topological polar surface area (TPSA) is 54.5 Å². The van der Waals surface area contributed by atoms with Gasteiger partial charge in [0.1, 0.15) is 0 Å². The summed E-state index contributed by atoms with van der Waals surface area (Å²) in [5, 5.41) is 0.230. The zero-order valence-electron chi connectivity index (χ0n) is 11.8. The molecule has 3 rings (SSSR count). The molecule has 1 aromatic rings. The lowest BCUT2D eigenvalue weighted by Crippen LogP contribution is -2.36. The summed E-state index contributed by atoms with van der Waals surface area (Å²) in [6.07, 6.45) is 0.315. The first-order chi connectivity index (χ1) is 9.82. The number of aryl methyl sites for hydroxylation is 1. The van der Waals surface area contributed by atoms with Crippen molar-refractivity contribution in [2.24, 2.45) is 5.92 Å². The van der Waals surface area contributed by atoms with Gasteiger partial charge in [-0.3, -0.25) is 4.79 Å². The molecular weight excluding hydrogens is 310 g/mol. The van der Waals surface area contributed by atoms with Crippen LogP contribution in [0.5, 0.6) is 0 Å². The summed E-state index contributed by atoms with van der Waals surface area (Å²) in [7, 11) is -3.56. The van der Waals surface area contributed by atoms with Crippen LogP contribution in [0.25, 0.3) is 0 Å². The van der Waals surface area contributed by atoms with Crippen molar-refractivity contribution in [1.29, 1.82) is 0 Å². The molecule has 0 unspecified atom stereocenters. The third-order valence-corrected chi connectivity index (χ3v) is 6.77. The van der Waals surface area contributed by atoms with E-state index in [4.69, 9.17) is 11.6 Å². The number of Topliss-reactive ketones (excluding diaryl/α,β-unsaturated/α-hetero) is 1. The van der Waals surface area contributed by atoms with Crippen molar-refractivity contribution in [3.05, 3.63) is 40.4 Å². The number of halogens is 1. The third-order valence-electron chi connectivity index (χ3n) is 4.37. The van der Waals surface area contributed by atoms with Crippen molar-refractivity contribution < 1.29 is 13.2 Å². The molecule has 0 radical (unpaired) electrons. The number of sulfonamides is 1. The molecule has 4 nitrogen and oxygen atoms in total. The second-order valence-electron chi connectivity index (χ2n) is 5.68. The highest BCUT2D eigenvalue weighted by Gasteiger charge is 2.47. The first-order valence-corrected chi connectivity index (χ1v) is 8.64. The molecule has 1 fully saturated rings. The van der Waals surface area contributed by atoms with E-state index < -0.39 is 10.0 Å². The second kappa shape index (κ2) is 4.93. The van der Waals surface area contributed by atoms with Gasteiger partial charge >= 0.3 is 0 Å². The molecule has 0 saturated carbocycles. The van der Waals surface area contributed by atoms with Gasteiger partial charge in [-0.25, -0.2) is 8.42 Å². The van der Waals surface area contributed by atoms with Gasteiger partial charge in [-0.2, -0.15) is 4.31 Å². The maximum atomic E-state index is 12.8. The van der Waals surface area contributed by atoms with Crippen LogP contribution in [0, 0.1) is 12.8 Å². The highest BCUT2D eigenvalue weighted by atomic mass is 35.5. The highest BCUT2D eigenvalue weighted by molar-refractivity contribution is 7.89. The van der Waals surface area contributed by atoms with Crippen molar-refractivity contribution in [1.82, 2.24) is 4.31 Å². The number of ketones is 1. The van der Waals surface area contributed by atoms with Gasteiger partial charge in [0, 0.05) is 24.9 Å². The molecule has 21 heavy (non-hydrogen) atoms. The molecule has 0 bridgehead atoms. The standard InChI is InChI=1S/C15H16ClNO3S/c1-9-3-5-11(6-4-9)21(19,20)17-8-13-12(10(17)2)7-14(18)15(13)16/h3-6,10,12H,7-8H2,1-2H3/t10-,12-/m1/s1. The van der Waals surface area contributed by atoms with Crippen LogP contribution in [0.2, 0.25) is 0 Å². The SMILES string of the molecule is Cc1ccc(S(=O)(=O)N2CC3=C(Cl)C(=O)C[C@@H]3[C@H]2C)cc1. The van der Waals surface area contributed by atoms with E-state index in [9.17, 15) is 13.2 Å². The van der Waals surface area contributed by atoms with Gasteiger partial charge in [0.2, 0.25) is 10.0 Å². The van der Waals surface area contributed by atoms with Crippen molar-refractivity contribution in [3.8, 4) is 0 Å². The van der Waals surface area contributed by atoms with Crippen LogP contribution in [0.3, 0.4) is 0 Å². The Hall–Kier alpha value is -1.17. The number of carbonyl (C=O) groups excluding carboxylic acids is 1. The van der Waals surface area contributed by atoms with Crippen molar-refractivity contribution >= 4 is 27.4 Å². The van der Waals surface area contributed by atoms with Crippen LogP contribution in [-0.4, -0.2) is 31.1 Å². The quantitative estimate of drug-likeness (QED) is 0.839. The zero-order valence-corrected chi connectivity index (χ0v) is 13.4. The number of fused-ring (bicyclic) bond motifs is 1. The maximum Gasteiger partial charge on any atom is 0.243 e. The van der Waals surface area contributed by atoms with E-state index in [2.05, 4.69) is 0 Å². The highest BCUT2D eigenvalue weighted by Crippen LogP contribution is 2.43. The minimum Gasteiger partial charge on any atom is -0.293 e. The number of carbonyl (C=O) groups is 1. The molecule has 0 amide bonds. The molecule has 0 N–H and O–H groups in total. The first kappa shape index (κ1) is 14.8. The van der Waals surface area contributed by atoms with Gasteiger partial charge in [0.05, 0.1) is 9.93 Å². The predicted octanol–water partition coefficient (Wildman–Crippen LogP) is 2.47. The molecule has 1 aliphatic heterocycles. The molecule has 1 aliphatic carbocycles. The lowest BCUT2D eigenvalue weighted by molar-refractivity contribution is -0.115. The Bertz CT molecular complexity index is 737. The Labute approximate surface area is 129 Å². The zero-order chi connectivity index (χ0) is 15.4. The normalized spacial score (nSPS) is 26.5. The summed E-state index contributed by atoms with van der Waals surface area (Å²) in [5.74, 6) is -0.152. The molecule has 0 aromatic heterocycles. The monoisotopic (exact) mass is 325 g/mol. The smallest absolute Gasteiger partial charge is 0.243 e. The molecule has 0 spiro atoms. The number of benzene rings is 1. The van der Waals surface area contributed by atoms with Crippen LogP contribution >= 0.6 is 11.6 Å². The summed E-state index contributed by atoms with van der Waals surface area (Å²) in [5.41, 5.74) is 1.78.